The Balaban J connectivity index is 1.61. The molecule has 2 heterocycles. The van der Waals surface area contributed by atoms with Crippen molar-refractivity contribution in [1.82, 2.24) is 4.90 Å². The molecule has 1 saturated heterocycles. The van der Waals surface area contributed by atoms with E-state index in [2.05, 4.69) is 0 Å². The first-order valence-electron chi connectivity index (χ1n) is 12.5. The minimum atomic E-state index is -0.752. The summed E-state index contributed by atoms with van der Waals surface area (Å²) < 4.78 is 11.0. The zero-order chi connectivity index (χ0) is 27.0. The summed E-state index contributed by atoms with van der Waals surface area (Å²) in [7, 11) is 7.43. The Kier molecular flexibility index (Phi) is 6.72. The summed E-state index contributed by atoms with van der Waals surface area (Å²) >= 11 is 0. The molecule has 3 aromatic carbocycles. The average Bonchev–Trinajstić information content (AvgIpc) is 3.18. The van der Waals surface area contributed by atoms with Crippen LogP contribution in [0, 0.1) is 0 Å². The van der Waals surface area contributed by atoms with Crippen LogP contribution in [0.3, 0.4) is 0 Å². The molecule has 0 radical (unpaired) electrons. The third-order valence-electron chi connectivity index (χ3n) is 7.11. The van der Waals surface area contributed by atoms with E-state index in [1.165, 1.54) is 4.90 Å². The zero-order valence-electron chi connectivity index (χ0n) is 22.0. The molecule has 8 nitrogen and oxygen atoms in total. The molecule has 8 heteroatoms. The Labute approximate surface area is 222 Å². The fourth-order valence-corrected chi connectivity index (χ4v) is 4.93. The highest BCUT2D eigenvalue weighted by molar-refractivity contribution is 6.46. The first-order valence-corrected chi connectivity index (χ1v) is 12.5. The molecule has 38 heavy (non-hydrogen) atoms. The van der Waals surface area contributed by atoms with Gasteiger partial charge >= 0.3 is 0 Å². The van der Waals surface area contributed by atoms with Crippen molar-refractivity contribution in [2.45, 2.75) is 12.6 Å². The number of ketones is 1. The number of rotatable bonds is 6. The smallest absolute Gasteiger partial charge is 0.295 e. The summed E-state index contributed by atoms with van der Waals surface area (Å²) in [6.45, 7) is 1.49. The fraction of sp³-hybridized carbons (Fsp3) is 0.267. The molecule has 1 fully saturated rings. The number of carbonyl (C=O) groups excluding carboxylic acids is 2. The number of likely N-dealkylation sites (tertiary alicyclic amines) is 1. The van der Waals surface area contributed by atoms with Crippen LogP contribution in [0.1, 0.15) is 22.7 Å². The van der Waals surface area contributed by atoms with E-state index in [0.29, 0.717) is 30.2 Å². The number of nitrogens with zero attached hydrogens (tertiary/aromatic N) is 3. The minimum absolute atomic E-state index is 0.0699. The summed E-state index contributed by atoms with van der Waals surface area (Å²) in [4.78, 5) is 32.4. The zero-order valence-corrected chi connectivity index (χ0v) is 22.0. The predicted molar refractivity (Wildman–Crippen MR) is 147 cm³/mol. The van der Waals surface area contributed by atoms with E-state index in [4.69, 9.17) is 9.47 Å². The second-order valence-electron chi connectivity index (χ2n) is 9.71. The van der Waals surface area contributed by atoms with Gasteiger partial charge in [-0.15, -0.1) is 0 Å². The Morgan fingerprint density at radius 3 is 2.42 bits per heavy atom. The maximum absolute atomic E-state index is 13.5. The van der Waals surface area contributed by atoms with Crippen LogP contribution in [0.5, 0.6) is 11.5 Å². The lowest BCUT2D eigenvalue weighted by atomic mass is 9.94. The topological polar surface area (TPSA) is 82.5 Å². The van der Waals surface area contributed by atoms with Gasteiger partial charge in [0.05, 0.1) is 31.0 Å². The van der Waals surface area contributed by atoms with Crippen molar-refractivity contribution in [3.05, 3.63) is 89.0 Å². The van der Waals surface area contributed by atoms with Crippen molar-refractivity contribution < 1.29 is 24.2 Å². The van der Waals surface area contributed by atoms with Crippen LogP contribution in [0.15, 0.2) is 72.3 Å². The molecule has 0 saturated carbocycles. The van der Waals surface area contributed by atoms with Crippen molar-refractivity contribution in [2.75, 3.05) is 51.2 Å². The molecular weight excluding hydrogens is 482 g/mol. The summed E-state index contributed by atoms with van der Waals surface area (Å²) in [5.74, 6) is -0.148. The monoisotopic (exact) mass is 513 g/mol. The largest absolute Gasteiger partial charge is 0.507 e. The van der Waals surface area contributed by atoms with Crippen LogP contribution in [-0.2, 0) is 16.1 Å². The number of hydrogen-bond donors (Lipinski definition) is 1. The Morgan fingerprint density at radius 2 is 1.76 bits per heavy atom. The van der Waals surface area contributed by atoms with Gasteiger partial charge in [-0.2, -0.15) is 0 Å². The number of hydrogen-bond acceptors (Lipinski definition) is 7. The Hall–Kier alpha value is -4.46. The van der Waals surface area contributed by atoms with Gasteiger partial charge in [-0.25, -0.2) is 0 Å². The van der Waals surface area contributed by atoms with Crippen molar-refractivity contribution in [3.63, 3.8) is 0 Å². The van der Waals surface area contributed by atoms with Crippen LogP contribution >= 0.6 is 0 Å². The van der Waals surface area contributed by atoms with E-state index in [1.807, 2.05) is 79.5 Å². The summed E-state index contributed by atoms with van der Waals surface area (Å²) in [5, 5.41) is 11.5. The number of benzene rings is 3. The number of methoxy groups -OCH3 is 1. The maximum atomic E-state index is 13.5. The summed E-state index contributed by atoms with van der Waals surface area (Å²) in [6.07, 6.45) is 0. The maximum Gasteiger partial charge on any atom is 0.295 e. The molecule has 5 rings (SSSR count). The first-order chi connectivity index (χ1) is 18.3. The quantitative estimate of drug-likeness (QED) is 0.300. The minimum Gasteiger partial charge on any atom is -0.507 e. The number of aliphatic hydroxyl groups is 1. The van der Waals surface area contributed by atoms with Gasteiger partial charge < -0.3 is 29.3 Å². The standard InChI is InChI=1S/C30H31N3O5/c1-31(2)22-10-7-20(8-11-22)27-26(28(34)21-9-14-25-24(17-21)32(3)15-16-38-25)29(35)30(36)33(27)18-19-5-12-23(37-4)13-6-19/h5-14,17,27,34H,15-16,18H2,1-4H3/b28-26-. The fourth-order valence-electron chi connectivity index (χ4n) is 4.93. The molecule has 0 aliphatic carbocycles. The van der Waals surface area contributed by atoms with Crippen LogP contribution in [-0.4, -0.2) is 63.1 Å². The van der Waals surface area contributed by atoms with Crippen LogP contribution in [0.2, 0.25) is 0 Å². The van der Waals surface area contributed by atoms with Crippen LogP contribution in [0.25, 0.3) is 5.76 Å². The molecule has 0 aromatic heterocycles. The Bertz CT molecular complexity index is 1400. The number of likely N-dealkylation sites (N-methyl/N-ethyl adjacent to an activating group) is 1. The first kappa shape index (κ1) is 25.2. The average molecular weight is 514 g/mol. The molecule has 2 aliphatic heterocycles. The lowest BCUT2D eigenvalue weighted by molar-refractivity contribution is -0.140. The number of amides is 1. The molecule has 1 atom stereocenters. The SMILES string of the molecule is COc1ccc(CN2C(=O)C(=O)/C(=C(\O)c3ccc4c(c3)N(C)CCO4)C2c2ccc(N(C)C)cc2)cc1. The number of Topliss-reactive ketones (excluding diaryl/α,β-unsaturated/α-hetero) is 1. The normalized spacial score (nSPS) is 18.3. The molecule has 0 bridgehead atoms. The molecule has 2 aliphatic rings. The highest BCUT2D eigenvalue weighted by Crippen LogP contribution is 2.42. The number of aliphatic hydroxyl groups excluding tert-OH is 1. The van der Waals surface area contributed by atoms with E-state index in [9.17, 15) is 14.7 Å². The molecule has 1 amide bonds. The van der Waals surface area contributed by atoms with Gasteiger partial charge in [0, 0.05) is 38.9 Å². The molecule has 3 aromatic rings. The van der Waals surface area contributed by atoms with Gasteiger partial charge in [0.25, 0.3) is 11.7 Å². The van der Waals surface area contributed by atoms with E-state index in [0.717, 1.165) is 22.5 Å². The van der Waals surface area contributed by atoms with Gasteiger partial charge in [-0.3, -0.25) is 9.59 Å². The van der Waals surface area contributed by atoms with Crippen molar-refractivity contribution in [3.8, 4) is 11.5 Å². The van der Waals surface area contributed by atoms with Crippen LogP contribution in [0.4, 0.5) is 11.4 Å². The lowest BCUT2D eigenvalue weighted by Crippen LogP contribution is -2.29. The molecule has 1 unspecified atom stereocenters. The third-order valence-corrected chi connectivity index (χ3v) is 7.11. The Morgan fingerprint density at radius 1 is 1.05 bits per heavy atom. The predicted octanol–water partition coefficient (Wildman–Crippen LogP) is 4.21. The van der Waals surface area contributed by atoms with E-state index < -0.39 is 17.7 Å². The number of ether oxygens (including phenoxy) is 2. The lowest BCUT2D eigenvalue weighted by Gasteiger charge is -2.28. The number of carbonyl (C=O) groups is 2. The van der Waals surface area contributed by atoms with Gasteiger partial charge in [-0.05, 0) is 53.6 Å². The van der Waals surface area contributed by atoms with Crippen molar-refractivity contribution >= 4 is 28.8 Å². The van der Waals surface area contributed by atoms with Gasteiger partial charge in [0.1, 0.15) is 23.9 Å². The van der Waals surface area contributed by atoms with E-state index in [1.54, 1.807) is 25.3 Å². The van der Waals surface area contributed by atoms with Gasteiger partial charge in [0.2, 0.25) is 0 Å². The van der Waals surface area contributed by atoms with Crippen molar-refractivity contribution in [2.24, 2.45) is 0 Å². The third kappa shape index (κ3) is 4.53. The summed E-state index contributed by atoms with van der Waals surface area (Å²) in [6, 6.07) is 19.6. The number of fused-ring (bicyclic) bond motifs is 1. The van der Waals surface area contributed by atoms with Gasteiger partial charge in [0.15, 0.2) is 0 Å². The summed E-state index contributed by atoms with van der Waals surface area (Å²) in [5.41, 5.74) is 3.91. The second-order valence-corrected chi connectivity index (χ2v) is 9.71. The number of anilines is 2. The highest BCUT2D eigenvalue weighted by atomic mass is 16.5. The second kappa shape index (κ2) is 10.1. The molecule has 196 valence electrons. The van der Waals surface area contributed by atoms with Crippen LogP contribution < -0.4 is 19.3 Å². The molecule has 1 N–H and O–H groups in total. The molecule has 0 spiro atoms. The van der Waals surface area contributed by atoms with Crippen molar-refractivity contribution in [1.29, 1.82) is 0 Å². The van der Waals surface area contributed by atoms with E-state index in [-0.39, 0.29) is 17.9 Å². The highest BCUT2D eigenvalue weighted by Gasteiger charge is 2.46. The molecular formula is C30H31N3O5. The van der Waals surface area contributed by atoms with Gasteiger partial charge in [-0.1, -0.05) is 24.3 Å². The van der Waals surface area contributed by atoms with E-state index >= 15 is 0 Å².